The highest BCUT2D eigenvalue weighted by atomic mass is 127. The van der Waals surface area contributed by atoms with Crippen LogP contribution in [0.1, 0.15) is 20.7 Å². The van der Waals surface area contributed by atoms with Gasteiger partial charge in [0.15, 0.2) is 0 Å². The van der Waals surface area contributed by atoms with E-state index in [9.17, 15) is 9.59 Å². The summed E-state index contributed by atoms with van der Waals surface area (Å²) in [7, 11) is 0. The smallest absolute Gasteiger partial charge is 0.347 e. The van der Waals surface area contributed by atoms with Crippen LogP contribution < -0.4 is 0 Å². The van der Waals surface area contributed by atoms with Crippen LogP contribution in [-0.4, -0.2) is 11.9 Å². The fourth-order valence-electron chi connectivity index (χ4n) is 3.04. The average Bonchev–Trinajstić information content (AvgIpc) is 2.92. The van der Waals surface area contributed by atoms with Gasteiger partial charge in [-0.1, -0.05) is 60.7 Å². The number of carbonyl (C=O) groups excluding carboxylic acids is 2. The molecule has 0 unspecified atom stereocenters. The molecule has 0 saturated carbocycles. The van der Waals surface area contributed by atoms with Crippen LogP contribution in [0.3, 0.4) is 0 Å². The summed E-state index contributed by atoms with van der Waals surface area (Å²) in [6, 6.07) is 19.1. The van der Waals surface area contributed by atoms with Crippen LogP contribution in [0.4, 0.5) is 0 Å². The van der Waals surface area contributed by atoms with Gasteiger partial charge in [0.2, 0.25) is 0 Å². The van der Waals surface area contributed by atoms with E-state index in [0.717, 1.165) is 24.7 Å². The maximum atomic E-state index is 12.5. The Morgan fingerprint density at radius 1 is 0.680 bits per heavy atom. The van der Waals surface area contributed by atoms with E-state index in [-0.39, 0.29) is 0 Å². The third kappa shape index (κ3) is 2.62. The van der Waals surface area contributed by atoms with Crippen LogP contribution >= 0.6 is 38.5 Å². The first kappa shape index (κ1) is 16.5. The first-order valence-corrected chi connectivity index (χ1v) is 9.39. The van der Waals surface area contributed by atoms with Gasteiger partial charge in [-0.3, -0.25) is 0 Å². The van der Waals surface area contributed by atoms with Gasteiger partial charge in [-0.05, 0) is 49.6 Å². The quantitative estimate of drug-likeness (QED) is 0.255. The van der Waals surface area contributed by atoms with E-state index < -0.39 is 11.9 Å². The van der Waals surface area contributed by atoms with Gasteiger partial charge in [-0.15, -0.1) is 0 Å². The Morgan fingerprint density at radius 3 is 1.64 bits per heavy atom. The first-order chi connectivity index (χ1) is 12.1. The summed E-state index contributed by atoms with van der Waals surface area (Å²) in [5.41, 5.74) is 3.80. The van der Waals surface area contributed by atoms with Gasteiger partial charge in [-0.2, -0.15) is 0 Å². The van der Waals surface area contributed by atoms with Gasteiger partial charge in [0.05, 0.1) is 11.1 Å². The minimum absolute atomic E-state index is 0.322. The second-order valence-electron chi connectivity index (χ2n) is 5.54. The second-order valence-corrected chi connectivity index (χ2v) is 7.41. The third-order valence-electron chi connectivity index (χ3n) is 4.10. The normalized spacial score (nSPS) is 12.9. The van der Waals surface area contributed by atoms with Crippen molar-refractivity contribution in [3.63, 3.8) is 0 Å². The molecule has 0 fully saturated rings. The molecule has 0 aromatic heterocycles. The second kappa shape index (κ2) is 6.38. The van der Waals surface area contributed by atoms with Crippen LogP contribution in [0.15, 0.2) is 65.1 Å². The van der Waals surface area contributed by atoms with Crippen molar-refractivity contribution >= 4 is 50.5 Å². The summed E-state index contributed by atoms with van der Waals surface area (Å²) in [6.07, 6.45) is 0. The van der Waals surface area contributed by atoms with E-state index in [1.165, 1.54) is 0 Å². The van der Waals surface area contributed by atoms with E-state index in [0.29, 0.717) is 16.7 Å². The van der Waals surface area contributed by atoms with Crippen LogP contribution in [0.5, 0.6) is 0 Å². The largest absolute Gasteiger partial charge is 0.386 e. The van der Waals surface area contributed by atoms with E-state index in [2.05, 4.69) is 38.5 Å². The zero-order valence-corrected chi connectivity index (χ0v) is 16.5. The standard InChI is InChI=1S/C20H10BrIO3/c21-17-13(11-7-3-1-4-8-11)15-16(20(24)25-19(15)23)14(18(17)22)12-9-5-2-6-10-12/h1-10H. The summed E-state index contributed by atoms with van der Waals surface area (Å²) in [5, 5.41) is 0. The van der Waals surface area contributed by atoms with Gasteiger partial charge in [0.25, 0.3) is 0 Å². The molecular formula is C20H10BrIO3. The lowest BCUT2D eigenvalue weighted by Crippen LogP contribution is -2.03. The number of carbonyl (C=O) groups is 2. The summed E-state index contributed by atoms with van der Waals surface area (Å²) in [4.78, 5) is 24.9. The van der Waals surface area contributed by atoms with Crippen molar-refractivity contribution in [2.45, 2.75) is 0 Å². The van der Waals surface area contributed by atoms with Gasteiger partial charge >= 0.3 is 11.9 Å². The highest BCUT2D eigenvalue weighted by Crippen LogP contribution is 2.46. The molecule has 122 valence electrons. The molecule has 0 aliphatic carbocycles. The summed E-state index contributed by atoms with van der Waals surface area (Å²) < 4.78 is 6.61. The molecule has 0 bridgehead atoms. The number of cyclic esters (lactones) is 2. The molecule has 0 N–H and O–H groups in total. The molecule has 3 aromatic carbocycles. The summed E-state index contributed by atoms with van der Waals surface area (Å²) in [5.74, 6) is -1.20. The van der Waals surface area contributed by atoms with E-state index >= 15 is 0 Å². The van der Waals surface area contributed by atoms with Gasteiger partial charge in [0.1, 0.15) is 0 Å². The number of rotatable bonds is 2. The van der Waals surface area contributed by atoms with E-state index in [1.807, 2.05) is 60.7 Å². The Bertz CT molecular complexity index is 932. The SMILES string of the molecule is O=C1OC(=O)c2c1c(-c1ccccc1)c(Br)c(I)c2-c1ccccc1. The molecule has 0 saturated heterocycles. The Morgan fingerprint density at radius 2 is 1.12 bits per heavy atom. The zero-order chi connectivity index (χ0) is 17.6. The molecule has 1 aliphatic rings. The van der Waals surface area contributed by atoms with E-state index in [4.69, 9.17) is 4.74 Å². The minimum Gasteiger partial charge on any atom is -0.386 e. The monoisotopic (exact) mass is 504 g/mol. The molecule has 3 nitrogen and oxygen atoms in total. The van der Waals surface area contributed by atoms with Crippen molar-refractivity contribution in [2.75, 3.05) is 0 Å². The summed E-state index contributed by atoms with van der Waals surface area (Å²) in [6.45, 7) is 0. The zero-order valence-electron chi connectivity index (χ0n) is 12.8. The maximum absolute atomic E-state index is 12.5. The van der Waals surface area contributed by atoms with Crippen LogP contribution in [0.2, 0.25) is 0 Å². The van der Waals surface area contributed by atoms with Crippen molar-refractivity contribution in [3.8, 4) is 22.3 Å². The lowest BCUT2D eigenvalue weighted by Gasteiger charge is -2.16. The highest BCUT2D eigenvalue weighted by Gasteiger charge is 2.38. The molecule has 0 atom stereocenters. The Kier molecular flexibility index (Phi) is 4.21. The Hall–Kier alpha value is -1.99. The maximum Gasteiger partial charge on any atom is 0.347 e. The van der Waals surface area contributed by atoms with Crippen molar-refractivity contribution < 1.29 is 14.3 Å². The van der Waals surface area contributed by atoms with Crippen LogP contribution in [0, 0.1) is 3.57 Å². The highest BCUT2D eigenvalue weighted by molar-refractivity contribution is 14.1. The number of benzene rings is 3. The predicted octanol–water partition coefficient (Wildman–Crippen LogP) is 5.70. The molecule has 1 aliphatic heterocycles. The molecule has 1 heterocycles. The van der Waals surface area contributed by atoms with Crippen molar-refractivity contribution in [3.05, 3.63) is 79.8 Å². The number of esters is 2. The number of halogens is 2. The fraction of sp³-hybridized carbons (Fsp3) is 0. The summed E-state index contributed by atoms with van der Waals surface area (Å²) >= 11 is 5.84. The molecule has 0 spiro atoms. The van der Waals surface area contributed by atoms with Crippen molar-refractivity contribution in [2.24, 2.45) is 0 Å². The number of hydrogen-bond donors (Lipinski definition) is 0. The van der Waals surface area contributed by atoms with Gasteiger partial charge < -0.3 is 4.74 Å². The fourth-order valence-corrected chi connectivity index (χ4v) is 4.51. The average molecular weight is 505 g/mol. The van der Waals surface area contributed by atoms with Crippen LogP contribution in [-0.2, 0) is 4.74 Å². The number of fused-ring (bicyclic) bond motifs is 1. The molecule has 0 amide bonds. The van der Waals surface area contributed by atoms with Crippen molar-refractivity contribution in [1.82, 2.24) is 0 Å². The predicted molar refractivity (Wildman–Crippen MR) is 107 cm³/mol. The Balaban J connectivity index is 2.14. The topological polar surface area (TPSA) is 43.4 Å². The lowest BCUT2D eigenvalue weighted by molar-refractivity contribution is 0.0444. The number of hydrogen-bond acceptors (Lipinski definition) is 3. The first-order valence-electron chi connectivity index (χ1n) is 7.52. The lowest BCUT2D eigenvalue weighted by atomic mass is 9.90. The van der Waals surface area contributed by atoms with Crippen molar-refractivity contribution in [1.29, 1.82) is 0 Å². The van der Waals surface area contributed by atoms with Gasteiger partial charge in [-0.25, -0.2) is 9.59 Å². The van der Waals surface area contributed by atoms with E-state index in [1.54, 1.807) is 0 Å². The Labute approximate surface area is 166 Å². The third-order valence-corrected chi connectivity index (χ3v) is 6.71. The molecule has 0 radical (unpaired) electrons. The molecular weight excluding hydrogens is 495 g/mol. The molecule has 4 rings (SSSR count). The molecule has 3 aromatic rings. The van der Waals surface area contributed by atoms with Crippen LogP contribution in [0.25, 0.3) is 22.3 Å². The minimum atomic E-state index is -0.604. The number of ether oxygens (including phenoxy) is 1. The molecule has 25 heavy (non-hydrogen) atoms. The molecule has 5 heteroatoms. The van der Waals surface area contributed by atoms with Gasteiger partial charge in [0, 0.05) is 19.2 Å².